The normalized spacial score (nSPS) is 11.9. The molecule has 0 heterocycles. The monoisotopic (exact) mass is 254 g/mol. The quantitative estimate of drug-likeness (QED) is 0.660. The molecule has 1 N–H and O–H groups in total. The van der Waals surface area contributed by atoms with Gasteiger partial charge in [0.05, 0.1) is 12.7 Å². The van der Waals surface area contributed by atoms with E-state index in [1.165, 1.54) is 18.9 Å². The third-order valence-electron chi connectivity index (χ3n) is 2.29. The number of aryl methyl sites for hydroxylation is 1. The second-order valence-corrected chi connectivity index (χ2v) is 4.98. The van der Waals surface area contributed by atoms with Crippen LogP contribution in [0.1, 0.15) is 22.8 Å². The van der Waals surface area contributed by atoms with Crippen molar-refractivity contribution in [2.24, 2.45) is 0 Å². The molecule has 1 unspecified atom stereocenters. The van der Waals surface area contributed by atoms with Crippen molar-refractivity contribution in [3.63, 3.8) is 0 Å². The van der Waals surface area contributed by atoms with Crippen molar-refractivity contribution in [2.45, 2.75) is 24.0 Å². The highest BCUT2D eigenvalue weighted by Crippen LogP contribution is 2.26. The van der Waals surface area contributed by atoms with E-state index in [1.807, 2.05) is 0 Å². The first-order chi connectivity index (χ1) is 7.95. The maximum absolute atomic E-state index is 11.2. The number of carbonyl (C=O) groups excluding carboxylic acids is 1. The summed E-state index contributed by atoms with van der Waals surface area (Å²) >= 11 is 1.28. The third-order valence-corrected chi connectivity index (χ3v) is 3.36. The molecule has 0 aliphatic carbocycles. The minimum atomic E-state index is -0.962. The molecule has 0 amide bonds. The molecule has 1 aromatic rings. The van der Waals surface area contributed by atoms with E-state index < -0.39 is 5.97 Å². The number of esters is 1. The van der Waals surface area contributed by atoms with Crippen molar-refractivity contribution in [3.05, 3.63) is 29.3 Å². The SMILES string of the molecule is COC(=O)C(C)Sc1ccc(C)c(C(=O)O)c1. The molecule has 17 heavy (non-hydrogen) atoms. The number of ether oxygens (including phenoxy) is 1. The molecule has 0 saturated carbocycles. The highest BCUT2D eigenvalue weighted by molar-refractivity contribution is 8.00. The van der Waals surface area contributed by atoms with E-state index in [0.29, 0.717) is 5.56 Å². The van der Waals surface area contributed by atoms with Gasteiger partial charge in [-0.3, -0.25) is 4.79 Å². The number of hydrogen-bond acceptors (Lipinski definition) is 4. The van der Waals surface area contributed by atoms with Gasteiger partial charge in [-0.2, -0.15) is 0 Å². The number of aromatic carboxylic acids is 1. The molecule has 92 valence electrons. The molecule has 0 radical (unpaired) electrons. The van der Waals surface area contributed by atoms with E-state index in [0.717, 1.165) is 4.90 Å². The summed E-state index contributed by atoms with van der Waals surface area (Å²) in [6.07, 6.45) is 0. The van der Waals surface area contributed by atoms with Crippen LogP contribution in [0.3, 0.4) is 0 Å². The number of carbonyl (C=O) groups is 2. The van der Waals surface area contributed by atoms with Crippen LogP contribution in [0.4, 0.5) is 0 Å². The standard InChI is InChI=1S/C12H14O4S/c1-7-4-5-9(6-10(7)11(13)14)17-8(2)12(15)16-3/h4-6,8H,1-3H3,(H,13,14). The molecular weight excluding hydrogens is 240 g/mol. The van der Waals surface area contributed by atoms with Gasteiger partial charge in [0.1, 0.15) is 5.25 Å². The van der Waals surface area contributed by atoms with Crippen LogP contribution in [-0.2, 0) is 9.53 Å². The van der Waals surface area contributed by atoms with Gasteiger partial charge in [0.25, 0.3) is 0 Å². The van der Waals surface area contributed by atoms with Gasteiger partial charge < -0.3 is 9.84 Å². The maximum Gasteiger partial charge on any atom is 0.335 e. The van der Waals surface area contributed by atoms with Crippen LogP contribution in [-0.4, -0.2) is 29.4 Å². The summed E-state index contributed by atoms with van der Waals surface area (Å²) in [4.78, 5) is 22.9. The average molecular weight is 254 g/mol. The second-order valence-electron chi connectivity index (χ2n) is 3.57. The van der Waals surface area contributed by atoms with Gasteiger partial charge >= 0.3 is 11.9 Å². The smallest absolute Gasteiger partial charge is 0.335 e. The number of thioether (sulfide) groups is 1. The fourth-order valence-electron chi connectivity index (χ4n) is 1.32. The summed E-state index contributed by atoms with van der Waals surface area (Å²) in [6.45, 7) is 3.46. The van der Waals surface area contributed by atoms with E-state index >= 15 is 0 Å². The Morgan fingerprint density at radius 2 is 2.06 bits per heavy atom. The molecule has 0 bridgehead atoms. The summed E-state index contributed by atoms with van der Waals surface area (Å²) < 4.78 is 4.61. The number of rotatable bonds is 4. The third kappa shape index (κ3) is 3.49. The van der Waals surface area contributed by atoms with Crippen LogP contribution in [0.25, 0.3) is 0 Å². The highest BCUT2D eigenvalue weighted by Gasteiger charge is 2.16. The molecule has 4 nitrogen and oxygen atoms in total. The van der Waals surface area contributed by atoms with Crippen molar-refractivity contribution >= 4 is 23.7 Å². The van der Waals surface area contributed by atoms with Gasteiger partial charge in [0, 0.05) is 4.90 Å². The summed E-state index contributed by atoms with van der Waals surface area (Å²) in [5.41, 5.74) is 0.958. The molecule has 1 rings (SSSR count). The van der Waals surface area contributed by atoms with Crippen molar-refractivity contribution in [1.29, 1.82) is 0 Å². The lowest BCUT2D eigenvalue weighted by molar-refractivity contribution is -0.139. The Hall–Kier alpha value is -1.49. The Labute approximate surface area is 104 Å². The largest absolute Gasteiger partial charge is 0.478 e. The fraction of sp³-hybridized carbons (Fsp3) is 0.333. The first-order valence-corrected chi connectivity index (χ1v) is 5.92. The first kappa shape index (κ1) is 13.6. The Balaban J connectivity index is 2.90. The number of methoxy groups -OCH3 is 1. The van der Waals surface area contributed by atoms with Crippen LogP contribution < -0.4 is 0 Å². The predicted octanol–water partition coefficient (Wildman–Crippen LogP) is 2.35. The number of benzene rings is 1. The van der Waals surface area contributed by atoms with Gasteiger partial charge in [0.15, 0.2) is 0 Å². The van der Waals surface area contributed by atoms with E-state index in [-0.39, 0.29) is 16.8 Å². The Morgan fingerprint density at radius 3 is 2.59 bits per heavy atom. The van der Waals surface area contributed by atoms with Crippen molar-refractivity contribution in [2.75, 3.05) is 7.11 Å². The predicted molar refractivity (Wildman–Crippen MR) is 65.5 cm³/mol. The minimum absolute atomic E-state index is 0.257. The second kappa shape index (κ2) is 5.72. The molecule has 0 aromatic heterocycles. The molecule has 1 atom stereocenters. The van der Waals surface area contributed by atoms with Crippen LogP contribution in [0.2, 0.25) is 0 Å². The summed E-state index contributed by atoms with van der Waals surface area (Å²) in [7, 11) is 1.33. The topological polar surface area (TPSA) is 63.6 Å². The van der Waals surface area contributed by atoms with Gasteiger partial charge in [-0.15, -0.1) is 11.8 Å². The Morgan fingerprint density at radius 1 is 1.41 bits per heavy atom. The van der Waals surface area contributed by atoms with Gasteiger partial charge in [0.2, 0.25) is 0 Å². The summed E-state index contributed by atoms with van der Waals surface area (Å²) in [5, 5.41) is 8.62. The van der Waals surface area contributed by atoms with Crippen LogP contribution in [0.15, 0.2) is 23.1 Å². The fourth-order valence-corrected chi connectivity index (χ4v) is 2.26. The molecule has 0 aliphatic heterocycles. The summed E-state index contributed by atoms with van der Waals surface area (Å²) in [6, 6.07) is 5.10. The molecule has 1 aromatic carbocycles. The number of carboxylic acid groups (broad SMARTS) is 1. The lowest BCUT2D eigenvalue weighted by Gasteiger charge is -2.10. The van der Waals surface area contributed by atoms with E-state index in [1.54, 1.807) is 32.0 Å². The number of hydrogen-bond donors (Lipinski definition) is 1. The zero-order valence-electron chi connectivity index (χ0n) is 9.89. The first-order valence-electron chi connectivity index (χ1n) is 5.04. The molecule has 0 aliphatic rings. The maximum atomic E-state index is 11.2. The van der Waals surface area contributed by atoms with Gasteiger partial charge in [-0.25, -0.2) is 4.79 Å². The van der Waals surface area contributed by atoms with Gasteiger partial charge in [-0.05, 0) is 31.5 Å². The zero-order chi connectivity index (χ0) is 13.0. The zero-order valence-corrected chi connectivity index (χ0v) is 10.7. The highest BCUT2D eigenvalue weighted by atomic mass is 32.2. The van der Waals surface area contributed by atoms with E-state index in [2.05, 4.69) is 4.74 Å². The number of carboxylic acids is 1. The van der Waals surface area contributed by atoms with Crippen LogP contribution in [0.5, 0.6) is 0 Å². The van der Waals surface area contributed by atoms with Gasteiger partial charge in [-0.1, -0.05) is 6.07 Å². The molecule has 0 spiro atoms. The molecule has 0 fully saturated rings. The Bertz CT molecular complexity index is 442. The average Bonchev–Trinajstić information content (AvgIpc) is 2.30. The lowest BCUT2D eigenvalue weighted by Crippen LogP contribution is -2.14. The molecule has 0 saturated heterocycles. The van der Waals surface area contributed by atoms with Crippen LogP contribution >= 0.6 is 11.8 Å². The lowest BCUT2D eigenvalue weighted by atomic mass is 10.1. The molecule has 5 heteroatoms. The van der Waals surface area contributed by atoms with Crippen molar-refractivity contribution in [3.8, 4) is 0 Å². The summed E-state index contributed by atoms with van der Waals surface area (Å²) in [5.74, 6) is -1.29. The van der Waals surface area contributed by atoms with Crippen molar-refractivity contribution in [1.82, 2.24) is 0 Å². The molecular formula is C12H14O4S. The van der Waals surface area contributed by atoms with E-state index in [4.69, 9.17) is 5.11 Å². The van der Waals surface area contributed by atoms with Crippen molar-refractivity contribution < 1.29 is 19.4 Å². The Kier molecular flexibility index (Phi) is 4.57. The van der Waals surface area contributed by atoms with Crippen LogP contribution in [0, 0.1) is 6.92 Å². The van der Waals surface area contributed by atoms with E-state index in [9.17, 15) is 9.59 Å². The minimum Gasteiger partial charge on any atom is -0.478 e.